The van der Waals surface area contributed by atoms with E-state index in [4.69, 9.17) is 9.97 Å². The van der Waals surface area contributed by atoms with Crippen molar-refractivity contribution in [3.8, 4) is 34.4 Å². The predicted octanol–water partition coefficient (Wildman–Crippen LogP) is 14.5. The Morgan fingerprint density at radius 3 is 0.906 bits per heavy atom. The number of nitrogens with zero attached hydrogens (tertiary/aromatic N) is 6. The number of hydrogen-bond acceptors (Lipinski definition) is 2. The first-order valence-corrected chi connectivity index (χ1v) is 21.8. The van der Waals surface area contributed by atoms with Gasteiger partial charge in [0.05, 0.1) is 44.1 Å². The molecule has 14 rings (SSSR count). The van der Waals surface area contributed by atoms with Crippen LogP contribution in [-0.2, 0) is 0 Å². The van der Waals surface area contributed by atoms with Crippen LogP contribution in [0.5, 0.6) is 0 Å². The lowest BCUT2D eigenvalue weighted by Gasteiger charge is -2.14. The Labute approximate surface area is 366 Å². The number of fused-ring (bicyclic) bond motifs is 12. The molecule has 0 N–H and O–H groups in total. The first-order chi connectivity index (χ1) is 31.8. The van der Waals surface area contributed by atoms with Crippen molar-refractivity contribution in [2.45, 2.75) is 0 Å². The molecule has 14 aromatic rings. The van der Waals surface area contributed by atoms with Crippen LogP contribution >= 0.6 is 0 Å². The fourth-order valence-corrected chi connectivity index (χ4v) is 10.4. The van der Waals surface area contributed by atoms with Crippen molar-refractivity contribution in [2.24, 2.45) is 0 Å². The molecule has 0 aliphatic heterocycles. The topological polar surface area (TPSA) is 45.5 Å². The van der Waals surface area contributed by atoms with E-state index < -0.39 is 0 Å². The van der Waals surface area contributed by atoms with Crippen molar-refractivity contribution in [1.29, 1.82) is 0 Å². The van der Waals surface area contributed by atoms with Gasteiger partial charge in [0.1, 0.15) is 11.6 Å². The van der Waals surface area contributed by atoms with E-state index in [1.54, 1.807) is 0 Å². The normalized spacial score (nSPS) is 12.1. The van der Waals surface area contributed by atoms with Gasteiger partial charge in [-0.1, -0.05) is 140 Å². The third-order valence-corrected chi connectivity index (χ3v) is 13.2. The van der Waals surface area contributed by atoms with Crippen molar-refractivity contribution in [3.05, 3.63) is 218 Å². The second-order valence-corrected chi connectivity index (χ2v) is 16.6. The number of benzene rings is 9. The molecule has 5 heterocycles. The van der Waals surface area contributed by atoms with E-state index in [-0.39, 0.29) is 0 Å². The van der Waals surface area contributed by atoms with Gasteiger partial charge >= 0.3 is 0 Å². The lowest BCUT2D eigenvalue weighted by atomic mass is 10.1. The van der Waals surface area contributed by atoms with E-state index in [0.717, 1.165) is 50.6 Å². The average molecular weight is 817 g/mol. The number of aromatic nitrogens is 6. The van der Waals surface area contributed by atoms with Crippen molar-refractivity contribution in [1.82, 2.24) is 28.2 Å². The van der Waals surface area contributed by atoms with Crippen LogP contribution in [-0.4, -0.2) is 28.2 Å². The van der Waals surface area contributed by atoms with E-state index in [2.05, 4.69) is 231 Å². The number of rotatable bonds is 5. The molecule has 6 heteroatoms. The van der Waals surface area contributed by atoms with Crippen LogP contribution < -0.4 is 0 Å². The monoisotopic (exact) mass is 816 g/mol. The highest BCUT2D eigenvalue weighted by molar-refractivity contribution is 6.20. The minimum atomic E-state index is 0.661. The highest BCUT2D eigenvalue weighted by Crippen LogP contribution is 2.42. The van der Waals surface area contributed by atoms with Crippen molar-refractivity contribution >= 4 is 87.2 Å². The average Bonchev–Trinajstić information content (AvgIpc) is 4.08. The Bertz CT molecular complexity index is 3920. The van der Waals surface area contributed by atoms with E-state index in [1.807, 2.05) is 6.07 Å². The maximum Gasteiger partial charge on any atom is 0.163 e. The van der Waals surface area contributed by atoms with Crippen molar-refractivity contribution in [3.63, 3.8) is 0 Å². The molecule has 0 saturated carbocycles. The highest BCUT2D eigenvalue weighted by atomic mass is 15.1. The molecule has 5 aromatic heterocycles. The third kappa shape index (κ3) is 4.96. The second kappa shape index (κ2) is 13.4. The van der Waals surface area contributed by atoms with Gasteiger partial charge in [-0.15, -0.1) is 0 Å². The molecule has 0 spiro atoms. The van der Waals surface area contributed by atoms with Gasteiger partial charge in [0.2, 0.25) is 0 Å². The maximum absolute atomic E-state index is 5.47. The summed E-state index contributed by atoms with van der Waals surface area (Å²) in [6.07, 6.45) is 0. The Hall–Kier alpha value is -8.74. The molecule has 0 unspecified atom stereocenters. The van der Waals surface area contributed by atoms with Gasteiger partial charge in [-0.25, -0.2) is 9.97 Å². The molecule has 0 saturated heterocycles. The van der Waals surface area contributed by atoms with Crippen LogP contribution in [0.25, 0.3) is 122 Å². The first kappa shape index (κ1) is 34.9. The summed E-state index contributed by atoms with van der Waals surface area (Å²) in [7, 11) is 0. The van der Waals surface area contributed by atoms with Crippen LogP contribution in [0.15, 0.2) is 218 Å². The lowest BCUT2D eigenvalue weighted by molar-refractivity contribution is 0.994. The Kier molecular flexibility index (Phi) is 7.30. The van der Waals surface area contributed by atoms with Gasteiger partial charge < -0.3 is 9.13 Å². The van der Waals surface area contributed by atoms with Gasteiger partial charge in [0.25, 0.3) is 0 Å². The van der Waals surface area contributed by atoms with Crippen LogP contribution in [0.1, 0.15) is 0 Å². The molecule has 298 valence electrons. The molecule has 0 bridgehead atoms. The predicted molar refractivity (Wildman–Crippen MR) is 265 cm³/mol. The lowest BCUT2D eigenvalue weighted by Crippen LogP contribution is -2.06. The molecule has 64 heavy (non-hydrogen) atoms. The molecular weight excluding hydrogens is 781 g/mol. The van der Waals surface area contributed by atoms with Crippen molar-refractivity contribution in [2.75, 3.05) is 0 Å². The van der Waals surface area contributed by atoms with Gasteiger partial charge in [-0.3, -0.25) is 9.13 Å². The second-order valence-electron chi connectivity index (χ2n) is 16.6. The highest BCUT2D eigenvalue weighted by Gasteiger charge is 2.23. The molecule has 0 aliphatic rings. The largest absolute Gasteiger partial charge is 0.309 e. The van der Waals surface area contributed by atoms with E-state index >= 15 is 0 Å². The van der Waals surface area contributed by atoms with Crippen LogP contribution in [0.2, 0.25) is 0 Å². The minimum absolute atomic E-state index is 0.661. The molecule has 0 aliphatic carbocycles. The fourth-order valence-electron chi connectivity index (χ4n) is 10.4. The zero-order valence-corrected chi connectivity index (χ0v) is 34.5. The standard InChI is InChI=1S/C58H36N6/c1-4-18-37(19-5-1)58-59-56(63-50-30-16-12-26-42(50)46-32-52-44(34-54(46)63)40-24-10-14-28-48(40)61(52)38-20-6-2-7-21-38)36-57(60-58)64-51-31-17-13-27-43(51)47-33-53-45(35-55(47)64)41-25-11-15-29-49(41)62(53)39-22-8-3-9-23-39/h1-36H. The summed E-state index contributed by atoms with van der Waals surface area (Å²) in [4.78, 5) is 10.9. The molecular formula is C58H36N6. The molecule has 6 nitrogen and oxygen atoms in total. The van der Waals surface area contributed by atoms with E-state index in [1.165, 1.54) is 65.2 Å². The minimum Gasteiger partial charge on any atom is -0.309 e. The molecule has 0 amide bonds. The van der Waals surface area contributed by atoms with E-state index in [0.29, 0.717) is 5.82 Å². The smallest absolute Gasteiger partial charge is 0.163 e. The quantitative estimate of drug-likeness (QED) is 0.174. The summed E-state index contributed by atoms with van der Waals surface area (Å²) >= 11 is 0. The first-order valence-electron chi connectivity index (χ1n) is 21.8. The van der Waals surface area contributed by atoms with E-state index in [9.17, 15) is 0 Å². The SMILES string of the molecule is c1ccc(-c2nc(-n3c4ccccc4c4cc5c(cc43)c3ccccc3n5-c3ccccc3)cc(-n3c4ccccc4c4cc5c(cc43)c3ccccc3n5-c3ccccc3)n2)cc1. The van der Waals surface area contributed by atoms with Gasteiger partial charge in [-0.05, 0) is 72.8 Å². The Morgan fingerprint density at radius 2 is 0.531 bits per heavy atom. The summed E-state index contributed by atoms with van der Waals surface area (Å²) in [6.45, 7) is 0. The van der Waals surface area contributed by atoms with Crippen LogP contribution in [0.3, 0.4) is 0 Å². The maximum atomic E-state index is 5.47. The molecule has 0 atom stereocenters. The molecule has 0 fully saturated rings. The third-order valence-electron chi connectivity index (χ3n) is 13.2. The zero-order chi connectivity index (χ0) is 41.9. The summed E-state index contributed by atoms with van der Waals surface area (Å²) in [5.41, 5.74) is 12.3. The Morgan fingerprint density at radius 1 is 0.234 bits per heavy atom. The summed E-state index contributed by atoms with van der Waals surface area (Å²) in [5.74, 6) is 2.26. The number of hydrogen-bond donors (Lipinski definition) is 0. The zero-order valence-electron chi connectivity index (χ0n) is 34.5. The number of para-hydroxylation sites is 6. The molecule has 9 aromatic carbocycles. The van der Waals surface area contributed by atoms with Crippen LogP contribution in [0.4, 0.5) is 0 Å². The summed E-state index contributed by atoms with van der Waals surface area (Å²) in [6, 6.07) is 78.3. The summed E-state index contributed by atoms with van der Waals surface area (Å²) in [5, 5.41) is 9.46. The van der Waals surface area contributed by atoms with Gasteiger partial charge in [0.15, 0.2) is 5.82 Å². The van der Waals surface area contributed by atoms with Gasteiger partial charge in [-0.2, -0.15) is 0 Å². The fraction of sp³-hybridized carbons (Fsp3) is 0. The molecule has 0 radical (unpaired) electrons. The van der Waals surface area contributed by atoms with Crippen LogP contribution in [0, 0.1) is 0 Å². The van der Waals surface area contributed by atoms with Crippen molar-refractivity contribution < 1.29 is 0 Å². The van der Waals surface area contributed by atoms with Gasteiger partial charge in [0, 0.05) is 66.1 Å². The Balaban J connectivity index is 1.09. The summed E-state index contributed by atoms with van der Waals surface area (Å²) < 4.78 is 9.47.